The van der Waals surface area contributed by atoms with E-state index in [0.717, 1.165) is 29.9 Å². The van der Waals surface area contributed by atoms with Crippen LogP contribution in [0.15, 0.2) is 18.2 Å². The summed E-state index contributed by atoms with van der Waals surface area (Å²) in [7, 11) is 0. The SMILES string of the molecule is CCNCc1cc(Cl)ccc1N1CCC(C(C)C)C1. The molecule has 1 fully saturated rings. The molecule has 1 N–H and O–H groups in total. The molecule has 1 heterocycles. The third-order valence-corrected chi connectivity index (χ3v) is 4.35. The average Bonchev–Trinajstić information content (AvgIpc) is 2.86. The molecule has 1 atom stereocenters. The number of rotatable bonds is 5. The lowest BCUT2D eigenvalue weighted by Crippen LogP contribution is -2.24. The predicted octanol–water partition coefficient (Wildman–Crippen LogP) is 3.93. The van der Waals surface area contributed by atoms with Crippen LogP contribution in [0.4, 0.5) is 5.69 Å². The minimum atomic E-state index is 0.773. The first kappa shape index (κ1) is 14.7. The van der Waals surface area contributed by atoms with Crippen LogP contribution < -0.4 is 10.2 Å². The largest absolute Gasteiger partial charge is 0.371 e. The van der Waals surface area contributed by atoms with Gasteiger partial charge in [-0.15, -0.1) is 0 Å². The van der Waals surface area contributed by atoms with E-state index in [1.807, 2.05) is 6.07 Å². The molecule has 1 aliphatic heterocycles. The van der Waals surface area contributed by atoms with E-state index in [1.165, 1.54) is 30.8 Å². The van der Waals surface area contributed by atoms with Gasteiger partial charge in [0, 0.05) is 30.3 Å². The van der Waals surface area contributed by atoms with Crippen LogP contribution in [0.1, 0.15) is 32.8 Å². The first-order valence-corrected chi connectivity index (χ1v) is 7.73. The predicted molar refractivity (Wildman–Crippen MR) is 84.0 cm³/mol. The zero-order valence-electron chi connectivity index (χ0n) is 12.2. The van der Waals surface area contributed by atoms with Gasteiger partial charge in [0.2, 0.25) is 0 Å². The lowest BCUT2D eigenvalue weighted by Gasteiger charge is -2.23. The van der Waals surface area contributed by atoms with Crippen molar-refractivity contribution in [2.24, 2.45) is 11.8 Å². The van der Waals surface area contributed by atoms with Crippen molar-refractivity contribution in [2.75, 3.05) is 24.5 Å². The molecule has 0 amide bonds. The van der Waals surface area contributed by atoms with Gasteiger partial charge >= 0.3 is 0 Å². The number of anilines is 1. The van der Waals surface area contributed by atoms with Crippen molar-refractivity contribution in [3.63, 3.8) is 0 Å². The Balaban J connectivity index is 2.15. The van der Waals surface area contributed by atoms with Gasteiger partial charge in [-0.3, -0.25) is 0 Å². The Morgan fingerprint density at radius 1 is 1.42 bits per heavy atom. The number of hydrogen-bond donors (Lipinski definition) is 1. The quantitative estimate of drug-likeness (QED) is 0.879. The summed E-state index contributed by atoms with van der Waals surface area (Å²) in [5.41, 5.74) is 2.67. The normalized spacial score (nSPS) is 19.4. The van der Waals surface area contributed by atoms with E-state index in [4.69, 9.17) is 11.6 Å². The Bertz CT molecular complexity index is 417. The van der Waals surface area contributed by atoms with Crippen molar-refractivity contribution < 1.29 is 0 Å². The van der Waals surface area contributed by atoms with E-state index in [1.54, 1.807) is 0 Å². The highest BCUT2D eigenvalue weighted by atomic mass is 35.5. The third kappa shape index (κ3) is 3.64. The maximum absolute atomic E-state index is 6.14. The molecular formula is C16H25ClN2. The van der Waals surface area contributed by atoms with Crippen LogP contribution in [-0.2, 0) is 6.54 Å². The van der Waals surface area contributed by atoms with Crippen LogP contribution in [0.5, 0.6) is 0 Å². The molecule has 1 aromatic carbocycles. The van der Waals surface area contributed by atoms with E-state index in [-0.39, 0.29) is 0 Å². The first-order valence-electron chi connectivity index (χ1n) is 7.36. The molecule has 2 rings (SSSR count). The molecule has 1 saturated heterocycles. The van der Waals surface area contributed by atoms with Gasteiger partial charge in [0.05, 0.1) is 0 Å². The fraction of sp³-hybridized carbons (Fsp3) is 0.625. The molecule has 19 heavy (non-hydrogen) atoms. The zero-order chi connectivity index (χ0) is 13.8. The summed E-state index contributed by atoms with van der Waals surface area (Å²) < 4.78 is 0. The van der Waals surface area contributed by atoms with Gasteiger partial charge in [-0.1, -0.05) is 32.4 Å². The van der Waals surface area contributed by atoms with Crippen LogP contribution in [0.25, 0.3) is 0 Å². The van der Waals surface area contributed by atoms with Crippen LogP contribution in [0.3, 0.4) is 0 Å². The number of nitrogens with one attached hydrogen (secondary N) is 1. The number of hydrogen-bond acceptors (Lipinski definition) is 2. The minimum Gasteiger partial charge on any atom is -0.371 e. The molecule has 0 bridgehead atoms. The van der Waals surface area contributed by atoms with Gasteiger partial charge in [0.25, 0.3) is 0 Å². The first-order chi connectivity index (χ1) is 9.11. The second-order valence-corrected chi connectivity index (χ2v) is 6.23. The maximum atomic E-state index is 6.14. The smallest absolute Gasteiger partial charge is 0.0412 e. The molecule has 0 aromatic heterocycles. The van der Waals surface area contributed by atoms with Crippen LogP contribution in [0.2, 0.25) is 5.02 Å². The summed E-state index contributed by atoms with van der Waals surface area (Å²) in [6.07, 6.45) is 1.31. The van der Waals surface area contributed by atoms with Gasteiger partial charge in [0.1, 0.15) is 0 Å². The molecule has 0 aliphatic carbocycles. The van der Waals surface area contributed by atoms with Crippen molar-refractivity contribution in [3.8, 4) is 0 Å². The van der Waals surface area contributed by atoms with Crippen molar-refractivity contribution in [1.82, 2.24) is 5.32 Å². The molecule has 106 valence electrons. The van der Waals surface area contributed by atoms with Crippen molar-refractivity contribution in [2.45, 2.75) is 33.7 Å². The fourth-order valence-electron chi connectivity index (χ4n) is 2.81. The molecule has 0 spiro atoms. The van der Waals surface area contributed by atoms with E-state index >= 15 is 0 Å². The Morgan fingerprint density at radius 3 is 2.84 bits per heavy atom. The second kappa shape index (κ2) is 6.62. The minimum absolute atomic E-state index is 0.773. The second-order valence-electron chi connectivity index (χ2n) is 5.79. The van der Waals surface area contributed by atoms with Crippen LogP contribution >= 0.6 is 11.6 Å². The van der Waals surface area contributed by atoms with Gasteiger partial charge in [-0.05, 0) is 48.6 Å². The fourth-order valence-corrected chi connectivity index (χ4v) is 3.01. The summed E-state index contributed by atoms with van der Waals surface area (Å²) in [4.78, 5) is 2.52. The van der Waals surface area contributed by atoms with E-state index in [2.05, 4.69) is 43.1 Å². The molecule has 1 aromatic rings. The highest BCUT2D eigenvalue weighted by Gasteiger charge is 2.26. The maximum Gasteiger partial charge on any atom is 0.0412 e. The van der Waals surface area contributed by atoms with Crippen LogP contribution in [0, 0.1) is 11.8 Å². The summed E-state index contributed by atoms with van der Waals surface area (Å²) in [6, 6.07) is 6.29. The van der Waals surface area contributed by atoms with Crippen molar-refractivity contribution >= 4 is 17.3 Å². The Morgan fingerprint density at radius 2 is 2.21 bits per heavy atom. The lowest BCUT2D eigenvalue weighted by atomic mass is 9.95. The number of benzene rings is 1. The van der Waals surface area contributed by atoms with E-state index in [9.17, 15) is 0 Å². The molecule has 0 saturated carbocycles. The highest BCUT2D eigenvalue weighted by Crippen LogP contribution is 2.31. The van der Waals surface area contributed by atoms with Crippen LogP contribution in [-0.4, -0.2) is 19.6 Å². The Labute approximate surface area is 122 Å². The monoisotopic (exact) mass is 280 g/mol. The van der Waals surface area contributed by atoms with E-state index < -0.39 is 0 Å². The summed E-state index contributed by atoms with van der Waals surface area (Å²) in [6.45, 7) is 11.0. The zero-order valence-corrected chi connectivity index (χ0v) is 13.0. The molecule has 1 unspecified atom stereocenters. The average molecular weight is 281 g/mol. The van der Waals surface area contributed by atoms with Gasteiger partial charge in [-0.2, -0.15) is 0 Å². The summed E-state index contributed by atoms with van der Waals surface area (Å²) >= 11 is 6.14. The number of nitrogens with zero attached hydrogens (tertiary/aromatic N) is 1. The summed E-state index contributed by atoms with van der Waals surface area (Å²) in [5.74, 6) is 1.59. The van der Waals surface area contributed by atoms with Gasteiger partial charge in [0.15, 0.2) is 0 Å². The highest BCUT2D eigenvalue weighted by molar-refractivity contribution is 6.30. The van der Waals surface area contributed by atoms with Gasteiger partial charge in [-0.25, -0.2) is 0 Å². The molecule has 2 nitrogen and oxygen atoms in total. The lowest BCUT2D eigenvalue weighted by molar-refractivity contribution is 0.422. The van der Waals surface area contributed by atoms with E-state index in [0.29, 0.717) is 0 Å². The topological polar surface area (TPSA) is 15.3 Å². The van der Waals surface area contributed by atoms with Crippen molar-refractivity contribution in [3.05, 3.63) is 28.8 Å². The summed E-state index contributed by atoms with van der Waals surface area (Å²) in [5, 5.41) is 4.23. The Hall–Kier alpha value is -0.730. The molecule has 1 aliphatic rings. The van der Waals surface area contributed by atoms with Crippen molar-refractivity contribution in [1.29, 1.82) is 0 Å². The standard InChI is InChI=1S/C16H25ClN2/c1-4-18-10-14-9-15(17)5-6-16(14)19-8-7-13(11-19)12(2)3/h5-6,9,12-13,18H,4,7-8,10-11H2,1-3H3. The number of halogens is 1. The molecule has 3 heteroatoms. The van der Waals surface area contributed by atoms with Gasteiger partial charge < -0.3 is 10.2 Å². The Kier molecular flexibility index (Phi) is 5.12. The molecular weight excluding hydrogens is 256 g/mol. The third-order valence-electron chi connectivity index (χ3n) is 4.12. The molecule has 0 radical (unpaired) electrons.